The normalized spacial score (nSPS) is 10.8. The number of anilines is 1. The Hall–Kier alpha value is -1.18. The van der Waals surface area contributed by atoms with Crippen molar-refractivity contribution in [3.05, 3.63) is 38.6 Å². The lowest BCUT2D eigenvalue weighted by molar-refractivity contribution is 0.432. The number of rotatable bonds is 2. The SMILES string of the molecule is Nc1ccc(Br)c(-c2nc(-c3cc(Br)cs3)no2)c1. The second kappa shape index (κ2) is 5.07. The molecule has 0 fully saturated rings. The minimum absolute atomic E-state index is 0.443. The van der Waals surface area contributed by atoms with Gasteiger partial charge in [0.05, 0.1) is 10.4 Å². The van der Waals surface area contributed by atoms with Crippen LogP contribution in [0.25, 0.3) is 22.2 Å². The van der Waals surface area contributed by atoms with Crippen LogP contribution in [0.5, 0.6) is 0 Å². The lowest BCUT2D eigenvalue weighted by Gasteiger charge is -1.99. The van der Waals surface area contributed by atoms with Crippen molar-refractivity contribution in [3.63, 3.8) is 0 Å². The lowest BCUT2D eigenvalue weighted by atomic mass is 10.2. The Kier molecular flexibility index (Phi) is 3.42. The van der Waals surface area contributed by atoms with Crippen LogP contribution in [0.4, 0.5) is 5.69 Å². The maximum Gasteiger partial charge on any atom is 0.259 e. The third kappa shape index (κ3) is 2.58. The molecule has 0 spiro atoms. The highest BCUT2D eigenvalue weighted by molar-refractivity contribution is 9.10. The number of hydrogen-bond acceptors (Lipinski definition) is 5. The minimum atomic E-state index is 0.443. The molecule has 2 N–H and O–H groups in total. The van der Waals surface area contributed by atoms with Gasteiger partial charge in [-0.05, 0) is 56.1 Å². The van der Waals surface area contributed by atoms with Crippen molar-refractivity contribution in [1.82, 2.24) is 10.1 Å². The molecule has 0 bridgehead atoms. The first kappa shape index (κ1) is 12.8. The molecule has 2 heterocycles. The second-order valence-corrected chi connectivity index (χ2v) is 6.47. The van der Waals surface area contributed by atoms with Gasteiger partial charge >= 0.3 is 0 Å². The van der Waals surface area contributed by atoms with E-state index >= 15 is 0 Å². The molecule has 19 heavy (non-hydrogen) atoms. The van der Waals surface area contributed by atoms with Crippen molar-refractivity contribution >= 4 is 48.9 Å². The topological polar surface area (TPSA) is 64.9 Å². The van der Waals surface area contributed by atoms with E-state index in [1.807, 2.05) is 17.5 Å². The van der Waals surface area contributed by atoms with Gasteiger partial charge in [-0.25, -0.2) is 0 Å². The molecule has 0 aliphatic carbocycles. The zero-order chi connectivity index (χ0) is 13.4. The summed E-state index contributed by atoms with van der Waals surface area (Å²) in [5.74, 6) is 1.01. The molecule has 4 nitrogen and oxygen atoms in total. The molecule has 2 aromatic heterocycles. The lowest BCUT2D eigenvalue weighted by Crippen LogP contribution is -1.87. The van der Waals surface area contributed by atoms with Crippen LogP contribution in [0.1, 0.15) is 0 Å². The van der Waals surface area contributed by atoms with E-state index in [2.05, 4.69) is 42.0 Å². The van der Waals surface area contributed by atoms with Gasteiger partial charge in [0.2, 0.25) is 5.82 Å². The first-order valence-corrected chi connectivity index (χ1v) is 7.73. The zero-order valence-electron chi connectivity index (χ0n) is 9.43. The van der Waals surface area contributed by atoms with Gasteiger partial charge < -0.3 is 10.3 Å². The summed E-state index contributed by atoms with van der Waals surface area (Å²) in [5, 5.41) is 5.96. The quantitative estimate of drug-likeness (QED) is 0.639. The van der Waals surface area contributed by atoms with Gasteiger partial charge in [0, 0.05) is 20.0 Å². The molecule has 7 heteroatoms. The molecule has 0 aliphatic rings. The Bertz CT molecular complexity index is 738. The van der Waals surface area contributed by atoms with Crippen LogP contribution in [0.2, 0.25) is 0 Å². The molecule has 0 saturated heterocycles. The van der Waals surface area contributed by atoms with E-state index in [1.165, 1.54) is 0 Å². The highest BCUT2D eigenvalue weighted by Gasteiger charge is 2.14. The molecule has 0 amide bonds. The van der Waals surface area contributed by atoms with Crippen molar-refractivity contribution in [2.75, 3.05) is 5.73 Å². The number of nitrogen functional groups attached to an aromatic ring is 1. The Morgan fingerprint density at radius 3 is 2.79 bits per heavy atom. The molecule has 0 saturated carbocycles. The minimum Gasteiger partial charge on any atom is -0.399 e. The van der Waals surface area contributed by atoms with Crippen LogP contribution in [0.3, 0.4) is 0 Å². The molecule has 1 aromatic carbocycles. The average molecular weight is 401 g/mol. The Balaban J connectivity index is 2.03. The molecule has 3 rings (SSSR count). The van der Waals surface area contributed by atoms with E-state index in [0.29, 0.717) is 17.4 Å². The molecular formula is C12H7Br2N3OS. The van der Waals surface area contributed by atoms with Gasteiger partial charge in [0.25, 0.3) is 5.89 Å². The van der Waals surface area contributed by atoms with E-state index < -0.39 is 0 Å². The van der Waals surface area contributed by atoms with Crippen LogP contribution in [-0.4, -0.2) is 10.1 Å². The predicted molar refractivity (Wildman–Crippen MR) is 82.9 cm³/mol. The zero-order valence-corrected chi connectivity index (χ0v) is 13.4. The smallest absolute Gasteiger partial charge is 0.259 e. The number of thiophene rings is 1. The maximum absolute atomic E-state index is 5.77. The fourth-order valence-corrected chi connectivity index (χ4v) is 3.34. The van der Waals surface area contributed by atoms with Crippen LogP contribution < -0.4 is 5.73 Å². The van der Waals surface area contributed by atoms with Gasteiger partial charge in [0.15, 0.2) is 0 Å². The first-order chi connectivity index (χ1) is 9.13. The summed E-state index contributed by atoms with van der Waals surface area (Å²) in [4.78, 5) is 5.34. The molecule has 96 valence electrons. The van der Waals surface area contributed by atoms with Crippen LogP contribution >= 0.6 is 43.2 Å². The number of nitrogens with two attached hydrogens (primary N) is 1. The number of nitrogens with zero attached hydrogens (tertiary/aromatic N) is 2. The van der Waals surface area contributed by atoms with Crippen molar-refractivity contribution in [3.8, 4) is 22.2 Å². The largest absolute Gasteiger partial charge is 0.399 e. The van der Waals surface area contributed by atoms with Gasteiger partial charge in [-0.15, -0.1) is 11.3 Å². The maximum atomic E-state index is 5.77. The Morgan fingerprint density at radius 1 is 1.21 bits per heavy atom. The fraction of sp³-hybridized carbons (Fsp3) is 0. The monoisotopic (exact) mass is 399 g/mol. The highest BCUT2D eigenvalue weighted by Crippen LogP contribution is 2.32. The van der Waals surface area contributed by atoms with Gasteiger partial charge in [0.1, 0.15) is 0 Å². The standard InChI is InChI=1S/C12H7Br2N3OS/c13-6-3-10(19-5-6)11-16-12(18-17-11)8-4-7(15)1-2-9(8)14/h1-5H,15H2. The molecule has 3 aromatic rings. The molecule has 0 atom stereocenters. The van der Waals surface area contributed by atoms with Crippen molar-refractivity contribution in [2.24, 2.45) is 0 Å². The van der Waals surface area contributed by atoms with Crippen LogP contribution in [0, 0.1) is 0 Å². The second-order valence-electron chi connectivity index (χ2n) is 3.79. The average Bonchev–Trinajstić information content (AvgIpc) is 3.00. The van der Waals surface area contributed by atoms with E-state index in [1.54, 1.807) is 23.5 Å². The number of halogens is 2. The molecule has 0 aliphatic heterocycles. The van der Waals surface area contributed by atoms with Gasteiger partial charge in [-0.3, -0.25) is 0 Å². The predicted octanol–water partition coefficient (Wildman–Crippen LogP) is 4.57. The van der Waals surface area contributed by atoms with Crippen molar-refractivity contribution in [2.45, 2.75) is 0 Å². The summed E-state index contributed by atoms with van der Waals surface area (Å²) in [7, 11) is 0. The van der Waals surface area contributed by atoms with E-state index in [-0.39, 0.29) is 0 Å². The summed E-state index contributed by atoms with van der Waals surface area (Å²) in [6.45, 7) is 0. The summed E-state index contributed by atoms with van der Waals surface area (Å²) >= 11 is 8.40. The van der Waals surface area contributed by atoms with Crippen molar-refractivity contribution in [1.29, 1.82) is 0 Å². The third-order valence-electron chi connectivity index (χ3n) is 2.43. The highest BCUT2D eigenvalue weighted by atomic mass is 79.9. The summed E-state index contributed by atoms with van der Waals surface area (Å²) in [5.41, 5.74) is 7.21. The Morgan fingerprint density at radius 2 is 2.05 bits per heavy atom. The molecular weight excluding hydrogens is 394 g/mol. The first-order valence-electron chi connectivity index (χ1n) is 5.27. The van der Waals surface area contributed by atoms with Crippen LogP contribution in [0.15, 0.2) is 43.1 Å². The van der Waals surface area contributed by atoms with Gasteiger partial charge in [-0.2, -0.15) is 4.98 Å². The van der Waals surface area contributed by atoms with Crippen molar-refractivity contribution < 1.29 is 4.52 Å². The van der Waals surface area contributed by atoms with E-state index in [9.17, 15) is 0 Å². The number of hydrogen-bond donors (Lipinski definition) is 1. The summed E-state index contributed by atoms with van der Waals surface area (Å²) in [6, 6.07) is 7.41. The number of benzene rings is 1. The van der Waals surface area contributed by atoms with E-state index in [4.69, 9.17) is 10.3 Å². The number of aromatic nitrogens is 2. The Labute approximate surface area is 129 Å². The summed E-state index contributed by atoms with van der Waals surface area (Å²) < 4.78 is 7.16. The van der Waals surface area contributed by atoms with Gasteiger partial charge in [-0.1, -0.05) is 5.16 Å². The molecule has 0 unspecified atom stereocenters. The fourth-order valence-electron chi connectivity index (χ4n) is 1.57. The van der Waals surface area contributed by atoms with Crippen LogP contribution in [-0.2, 0) is 0 Å². The third-order valence-corrected chi connectivity index (χ3v) is 4.81. The van der Waals surface area contributed by atoms with E-state index in [0.717, 1.165) is 19.4 Å². The summed E-state index contributed by atoms with van der Waals surface area (Å²) in [6.07, 6.45) is 0. The molecule has 0 radical (unpaired) electrons.